The van der Waals surface area contributed by atoms with E-state index in [9.17, 15) is 4.79 Å². The Balaban J connectivity index is 1.83. The molecule has 0 aliphatic carbocycles. The summed E-state index contributed by atoms with van der Waals surface area (Å²) in [6.07, 6.45) is 1.60. The zero-order valence-electron chi connectivity index (χ0n) is 11.5. The molecule has 1 aromatic heterocycles. The average Bonchev–Trinajstić information content (AvgIpc) is 2.87. The highest BCUT2D eigenvalue weighted by Gasteiger charge is 2.10. The van der Waals surface area contributed by atoms with E-state index in [-0.39, 0.29) is 5.56 Å². The van der Waals surface area contributed by atoms with Gasteiger partial charge >= 0.3 is 5.97 Å². The van der Waals surface area contributed by atoms with Crippen molar-refractivity contribution in [3.05, 3.63) is 65.4 Å². The van der Waals surface area contributed by atoms with Crippen LogP contribution in [0, 0.1) is 6.92 Å². The van der Waals surface area contributed by atoms with Crippen molar-refractivity contribution in [1.29, 1.82) is 0 Å². The molecule has 0 unspecified atom stereocenters. The fraction of sp³-hybridized carbons (Fsp3) is 0.118. The van der Waals surface area contributed by atoms with Crippen LogP contribution in [0.4, 0.5) is 0 Å². The van der Waals surface area contributed by atoms with E-state index < -0.39 is 5.97 Å². The van der Waals surface area contributed by atoms with Gasteiger partial charge in [0.25, 0.3) is 0 Å². The molecule has 0 aliphatic rings. The number of hydrogen-bond donors (Lipinski definition) is 1. The van der Waals surface area contributed by atoms with E-state index in [2.05, 4.69) is 0 Å². The van der Waals surface area contributed by atoms with Gasteiger partial charge < -0.3 is 14.3 Å². The number of benzene rings is 2. The second kappa shape index (κ2) is 5.32. The standard InChI is InChI=1S/C17H14O4/c1-11-3-2-4-14(7-11)20-9-13-10-21-16-8-12(17(18)19)5-6-15(13)16/h2-8,10H,9H2,1H3,(H,18,19). The van der Waals surface area contributed by atoms with Gasteiger partial charge in [-0.15, -0.1) is 0 Å². The Labute approximate surface area is 121 Å². The molecule has 0 saturated heterocycles. The number of fused-ring (bicyclic) bond motifs is 1. The van der Waals surface area contributed by atoms with E-state index in [0.29, 0.717) is 12.2 Å². The predicted molar refractivity (Wildman–Crippen MR) is 78.7 cm³/mol. The largest absolute Gasteiger partial charge is 0.489 e. The molecule has 106 valence electrons. The molecule has 3 rings (SSSR count). The maximum Gasteiger partial charge on any atom is 0.335 e. The van der Waals surface area contributed by atoms with Gasteiger partial charge in [-0.05, 0) is 42.8 Å². The smallest absolute Gasteiger partial charge is 0.335 e. The molecular formula is C17H14O4. The van der Waals surface area contributed by atoms with Crippen LogP contribution >= 0.6 is 0 Å². The summed E-state index contributed by atoms with van der Waals surface area (Å²) in [6.45, 7) is 2.39. The van der Waals surface area contributed by atoms with Gasteiger partial charge in [-0.1, -0.05) is 12.1 Å². The van der Waals surface area contributed by atoms with Crippen molar-refractivity contribution in [3.8, 4) is 5.75 Å². The van der Waals surface area contributed by atoms with Crippen molar-refractivity contribution in [2.24, 2.45) is 0 Å². The van der Waals surface area contributed by atoms with Gasteiger partial charge in [-0.2, -0.15) is 0 Å². The first-order valence-corrected chi connectivity index (χ1v) is 6.56. The zero-order valence-corrected chi connectivity index (χ0v) is 11.5. The van der Waals surface area contributed by atoms with E-state index in [1.54, 1.807) is 18.4 Å². The quantitative estimate of drug-likeness (QED) is 0.785. The lowest BCUT2D eigenvalue weighted by atomic mass is 10.1. The summed E-state index contributed by atoms with van der Waals surface area (Å²) in [7, 11) is 0. The topological polar surface area (TPSA) is 59.7 Å². The lowest BCUT2D eigenvalue weighted by Crippen LogP contribution is -1.96. The van der Waals surface area contributed by atoms with Gasteiger partial charge in [0.15, 0.2) is 0 Å². The molecule has 0 amide bonds. The highest BCUT2D eigenvalue weighted by atomic mass is 16.5. The van der Waals surface area contributed by atoms with Crippen molar-refractivity contribution >= 4 is 16.9 Å². The lowest BCUT2D eigenvalue weighted by Gasteiger charge is -2.05. The van der Waals surface area contributed by atoms with Crippen molar-refractivity contribution < 1.29 is 19.1 Å². The van der Waals surface area contributed by atoms with Crippen LogP contribution in [0.1, 0.15) is 21.5 Å². The van der Waals surface area contributed by atoms with E-state index in [0.717, 1.165) is 22.3 Å². The van der Waals surface area contributed by atoms with E-state index in [1.807, 2.05) is 31.2 Å². The molecule has 4 heteroatoms. The molecule has 1 heterocycles. The monoisotopic (exact) mass is 282 g/mol. The second-order valence-electron chi connectivity index (χ2n) is 4.88. The normalized spacial score (nSPS) is 10.7. The van der Waals surface area contributed by atoms with Crippen molar-refractivity contribution in [1.82, 2.24) is 0 Å². The third-order valence-corrected chi connectivity index (χ3v) is 3.29. The molecule has 1 N–H and O–H groups in total. The first-order valence-electron chi connectivity index (χ1n) is 6.56. The Kier molecular flexibility index (Phi) is 3.36. The number of carbonyl (C=O) groups is 1. The van der Waals surface area contributed by atoms with E-state index in [4.69, 9.17) is 14.3 Å². The summed E-state index contributed by atoms with van der Waals surface area (Å²) in [6, 6.07) is 12.6. The minimum absolute atomic E-state index is 0.211. The average molecular weight is 282 g/mol. The minimum Gasteiger partial charge on any atom is -0.489 e. The van der Waals surface area contributed by atoms with Gasteiger partial charge in [0.05, 0.1) is 11.8 Å². The number of ether oxygens (including phenoxy) is 1. The fourth-order valence-corrected chi connectivity index (χ4v) is 2.19. The summed E-state index contributed by atoms with van der Waals surface area (Å²) in [4.78, 5) is 10.9. The third kappa shape index (κ3) is 2.74. The highest BCUT2D eigenvalue weighted by molar-refractivity contribution is 5.93. The number of furan rings is 1. The predicted octanol–water partition coefficient (Wildman–Crippen LogP) is 4.02. The van der Waals surface area contributed by atoms with Crippen LogP contribution in [0.15, 0.2) is 53.1 Å². The first-order chi connectivity index (χ1) is 10.1. The van der Waals surface area contributed by atoms with Crippen LogP contribution in [0.25, 0.3) is 11.0 Å². The van der Waals surface area contributed by atoms with Crippen LogP contribution in [-0.4, -0.2) is 11.1 Å². The SMILES string of the molecule is Cc1cccc(OCc2coc3cc(C(=O)O)ccc23)c1. The molecule has 2 aromatic carbocycles. The Morgan fingerprint density at radius 3 is 2.86 bits per heavy atom. The molecule has 0 bridgehead atoms. The molecule has 0 atom stereocenters. The zero-order chi connectivity index (χ0) is 14.8. The summed E-state index contributed by atoms with van der Waals surface area (Å²) >= 11 is 0. The Hall–Kier alpha value is -2.75. The molecule has 4 nitrogen and oxygen atoms in total. The molecular weight excluding hydrogens is 268 g/mol. The van der Waals surface area contributed by atoms with Crippen molar-refractivity contribution in [2.45, 2.75) is 13.5 Å². The first kappa shape index (κ1) is 13.2. The Morgan fingerprint density at radius 2 is 2.10 bits per heavy atom. The molecule has 0 aliphatic heterocycles. The minimum atomic E-state index is -0.967. The van der Waals surface area contributed by atoms with Gasteiger partial charge in [0.1, 0.15) is 17.9 Å². The number of carboxylic acids is 1. The van der Waals surface area contributed by atoms with Crippen molar-refractivity contribution in [3.63, 3.8) is 0 Å². The van der Waals surface area contributed by atoms with Crippen molar-refractivity contribution in [2.75, 3.05) is 0 Å². The third-order valence-electron chi connectivity index (χ3n) is 3.29. The van der Waals surface area contributed by atoms with Crippen LogP contribution in [0.5, 0.6) is 5.75 Å². The molecule has 21 heavy (non-hydrogen) atoms. The molecule has 0 radical (unpaired) electrons. The molecule has 0 fully saturated rings. The number of aryl methyl sites for hydroxylation is 1. The van der Waals surface area contributed by atoms with Crippen LogP contribution in [0.3, 0.4) is 0 Å². The Morgan fingerprint density at radius 1 is 1.24 bits per heavy atom. The number of aromatic carboxylic acids is 1. The molecule has 3 aromatic rings. The lowest BCUT2D eigenvalue weighted by molar-refractivity contribution is 0.0697. The number of hydrogen-bond acceptors (Lipinski definition) is 3. The van der Waals surface area contributed by atoms with E-state index in [1.165, 1.54) is 6.07 Å². The van der Waals surface area contributed by atoms with Gasteiger partial charge in [-0.25, -0.2) is 4.79 Å². The summed E-state index contributed by atoms with van der Waals surface area (Å²) in [5.41, 5.74) is 2.79. The van der Waals surface area contributed by atoms with Crippen LogP contribution in [-0.2, 0) is 6.61 Å². The van der Waals surface area contributed by atoms with Crippen LogP contribution in [0.2, 0.25) is 0 Å². The maximum absolute atomic E-state index is 10.9. The van der Waals surface area contributed by atoms with Gasteiger partial charge in [-0.3, -0.25) is 0 Å². The second-order valence-corrected chi connectivity index (χ2v) is 4.88. The summed E-state index contributed by atoms with van der Waals surface area (Å²) in [5.74, 6) is -0.169. The number of carboxylic acid groups (broad SMARTS) is 1. The summed E-state index contributed by atoms with van der Waals surface area (Å²) in [5, 5.41) is 9.83. The van der Waals surface area contributed by atoms with E-state index >= 15 is 0 Å². The fourth-order valence-electron chi connectivity index (χ4n) is 2.19. The Bertz CT molecular complexity index is 801. The maximum atomic E-state index is 10.9. The molecule has 0 saturated carbocycles. The van der Waals surface area contributed by atoms with Gasteiger partial charge in [0, 0.05) is 10.9 Å². The number of rotatable bonds is 4. The summed E-state index contributed by atoms with van der Waals surface area (Å²) < 4.78 is 11.1. The van der Waals surface area contributed by atoms with Crippen LogP contribution < -0.4 is 4.74 Å². The van der Waals surface area contributed by atoms with Gasteiger partial charge in [0.2, 0.25) is 0 Å². The highest BCUT2D eigenvalue weighted by Crippen LogP contribution is 2.24. The molecule has 0 spiro atoms.